The molecule has 1 aliphatic rings. The maximum Gasteiger partial charge on any atom is 0.312 e. The highest BCUT2D eigenvalue weighted by atomic mass is 16.5. The Morgan fingerprint density at radius 3 is 1.98 bits per heavy atom. The van der Waals surface area contributed by atoms with E-state index in [0.717, 1.165) is 4.90 Å². The summed E-state index contributed by atoms with van der Waals surface area (Å²) in [7, 11) is 0. The Labute approximate surface area is 304 Å². The third-order valence-electron chi connectivity index (χ3n) is 8.60. The van der Waals surface area contributed by atoms with Gasteiger partial charge in [-0.25, -0.2) is 9.59 Å². The van der Waals surface area contributed by atoms with E-state index >= 15 is 0 Å². The number of carbonyl (C=O) groups excluding carboxylic acids is 8. The van der Waals surface area contributed by atoms with Gasteiger partial charge >= 0.3 is 18.0 Å². The molecule has 2 rings (SSSR count). The minimum atomic E-state index is -1.05. The molecule has 1 heterocycles. The maximum absolute atomic E-state index is 13.7. The summed E-state index contributed by atoms with van der Waals surface area (Å²) in [5, 5.41) is 10.4. The van der Waals surface area contributed by atoms with Crippen molar-refractivity contribution in [2.45, 2.75) is 99.1 Å². The highest BCUT2D eigenvalue weighted by Crippen LogP contribution is 2.35. The number of ketones is 1. The predicted molar refractivity (Wildman–Crippen MR) is 192 cm³/mol. The third-order valence-corrected chi connectivity index (χ3v) is 8.60. The van der Waals surface area contributed by atoms with Gasteiger partial charge in [0.05, 0.1) is 17.4 Å². The normalized spacial score (nSPS) is 15.7. The zero-order valence-corrected chi connectivity index (χ0v) is 31.1. The molecule has 0 saturated carbocycles. The lowest BCUT2D eigenvalue weighted by Crippen LogP contribution is -2.44. The van der Waals surface area contributed by atoms with Crippen LogP contribution < -0.4 is 32.7 Å². The fourth-order valence-electron chi connectivity index (χ4n) is 5.47. The van der Waals surface area contributed by atoms with Crippen molar-refractivity contribution in [1.29, 1.82) is 0 Å². The summed E-state index contributed by atoms with van der Waals surface area (Å²) >= 11 is 0. The number of nitrogens with two attached hydrogens (primary N) is 2. The molecule has 16 heteroatoms. The highest BCUT2D eigenvalue weighted by Gasteiger charge is 2.44. The number of esters is 1. The number of nitrogens with zero attached hydrogens (tertiary/aromatic N) is 1. The zero-order valence-electron chi connectivity index (χ0n) is 31.1. The maximum atomic E-state index is 13.7. The largest absolute Gasteiger partial charge is 0.460 e. The van der Waals surface area contributed by atoms with Gasteiger partial charge in [0.15, 0.2) is 5.78 Å². The first-order valence-electron chi connectivity index (χ1n) is 17.5. The first-order valence-corrected chi connectivity index (χ1v) is 17.5. The molecular weight excluding hydrogens is 674 g/mol. The zero-order chi connectivity index (χ0) is 39.2. The van der Waals surface area contributed by atoms with Gasteiger partial charge in [-0.05, 0) is 69.6 Å². The van der Waals surface area contributed by atoms with E-state index in [4.69, 9.17) is 16.2 Å². The number of carbonyl (C=O) groups is 8. The van der Waals surface area contributed by atoms with Gasteiger partial charge in [0, 0.05) is 50.5 Å². The Bertz CT molecular complexity index is 1470. The molecule has 1 unspecified atom stereocenters. The molecule has 1 saturated heterocycles. The number of hydrogen-bond acceptors (Lipinski definition) is 9. The summed E-state index contributed by atoms with van der Waals surface area (Å²) in [4.78, 5) is 101. The molecule has 0 spiro atoms. The monoisotopic (exact) mass is 729 g/mol. The molecule has 1 aromatic rings. The Morgan fingerprint density at radius 1 is 0.885 bits per heavy atom. The van der Waals surface area contributed by atoms with Crippen molar-refractivity contribution in [2.24, 2.45) is 34.1 Å². The average molecular weight is 730 g/mol. The summed E-state index contributed by atoms with van der Waals surface area (Å²) in [5.41, 5.74) is 10.4. The van der Waals surface area contributed by atoms with E-state index in [1.54, 1.807) is 45.0 Å². The number of benzene rings is 1. The topological polar surface area (TPSA) is 249 Å². The number of imide groups is 1. The second-order valence-corrected chi connectivity index (χ2v) is 15.1. The van der Waals surface area contributed by atoms with Crippen LogP contribution in [0.1, 0.15) is 92.1 Å². The van der Waals surface area contributed by atoms with Gasteiger partial charge in [-0.15, -0.1) is 0 Å². The molecule has 1 aliphatic heterocycles. The van der Waals surface area contributed by atoms with Crippen LogP contribution in [0.2, 0.25) is 0 Å². The molecule has 0 aromatic heterocycles. The van der Waals surface area contributed by atoms with E-state index in [2.05, 4.69) is 21.3 Å². The van der Waals surface area contributed by atoms with E-state index < -0.39 is 58.4 Å². The molecule has 0 aliphatic carbocycles. The lowest BCUT2D eigenvalue weighted by molar-refractivity contribution is -0.154. The first-order chi connectivity index (χ1) is 24.2. The van der Waals surface area contributed by atoms with Gasteiger partial charge in [-0.2, -0.15) is 0 Å². The Morgan fingerprint density at radius 2 is 1.46 bits per heavy atom. The quantitative estimate of drug-likeness (QED) is 0.0694. The highest BCUT2D eigenvalue weighted by molar-refractivity contribution is 6.04. The van der Waals surface area contributed by atoms with Crippen molar-refractivity contribution >= 4 is 53.1 Å². The fraction of sp³-hybridized carbons (Fsp3) is 0.611. The molecule has 52 heavy (non-hydrogen) atoms. The van der Waals surface area contributed by atoms with Gasteiger partial charge in [-0.1, -0.05) is 32.9 Å². The van der Waals surface area contributed by atoms with Crippen LogP contribution in [0, 0.1) is 22.7 Å². The number of nitrogens with one attached hydrogen (secondary N) is 4. The van der Waals surface area contributed by atoms with Crippen LogP contribution in [0.25, 0.3) is 0 Å². The standard InChI is InChI=1S/C36H55N7O9/c1-35(2,3)25-20-29(46)43(31(25)48)18-15-28(45)42-26(10-8-17-40-34(38)51)27(44)19-23(9-7-16-39-33(37)50)30(47)41-24-13-11-22(12-14-24)21-52-32(49)36(4,5)6/h11-14,23,25-26H,7-10,15-21H2,1-6H3,(H,41,47)(H,42,45)(H3,37,39,50)(H3,38,40,51)/t23-,25?,26+/m1/s1. The number of primary amides is 2. The van der Waals surface area contributed by atoms with Crippen molar-refractivity contribution in [3.63, 3.8) is 0 Å². The average Bonchev–Trinajstić information content (AvgIpc) is 3.34. The SMILES string of the molecule is CC(C)(C)C(=O)OCc1ccc(NC(=O)[C@H](CCCNC(N)=O)CC(=O)[C@H](CCCNC(N)=O)NC(=O)CCN2C(=O)CC(C(C)(C)C)C2=O)cc1. The third kappa shape index (κ3) is 14.7. The van der Waals surface area contributed by atoms with E-state index in [1.165, 1.54) is 0 Å². The van der Waals surface area contributed by atoms with Crippen LogP contribution in [-0.4, -0.2) is 78.0 Å². The van der Waals surface area contributed by atoms with Crippen molar-refractivity contribution in [3.05, 3.63) is 29.8 Å². The van der Waals surface area contributed by atoms with Crippen LogP contribution in [0.3, 0.4) is 0 Å². The number of likely N-dealkylation sites (tertiary alicyclic amines) is 1. The molecule has 3 atom stereocenters. The molecule has 8 N–H and O–H groups in total. The second kappa shape index (κ2) is 19.6. The van der Waals surface area contributed by atoms with Crippen LogP contribution in [0.15, 0.2) is 24.3 Å². The Hall–Kier alpha value is -5.02. The summed E-state index contributed by atoms with van der Waals surface area (Å²) in [6.07, 6.45) is 0.452. The van der Waals surface area contributed by atoms with Crippen LogP contribution >= 0.6 is 0 Å². The molecule has 288 valence electrons. The molecule has 16 nitrogen and oxygen atoms in total. The summed E-state index contributed by atoms with van der Waals surface area (Å²) < 4.78 is 5.34. The molecule has 1 fully saturated rings. The predicted octanol–water partition coefficient (Wildman–Crippen LogP) is 2.48. The Balaban J connectivity index is 2.15. The number of anilines is 1. The van der Waals surface area contributed by atoms with Crippen LogP contribution in [-0.2, 0) is 40.1 Å². The Kier molecular flexibility index (Phi) is 16.2. The number of ether oxygens (including phenoxy) is 1. The minimum absolute atomic E-state index is 0.0540. The summed E-state index contributed by atoms with van der Waals surface area (Å²) in [6, 6.07) is 4.13. The fourth-order valence-corrected chi connectivity index (χ4v) is 5.47. The molecule has 1 aromatic carbocycles. The molecule has 0 radical (unpaired) electrons. The van der Waals surface area contributed by atoms with Crippen LogP contribution in [0.4, 0.5) is 15.3 Å². The number of hydrogen-bond donors (Lipinski definition) is 6. The van der Waals surface area contributed by atoms with Crippen molar-refractivity contribution in [1.82, 2.24) is 20.9 Å². The lowest BCUT2D eigenvalue weighted by atomic mass is 9.80. The number of urea groups is 2. The van der Waals surface area contributed by atoms with Crippen LogP contribution in [0.5, 0.6) is 0 Å². The molecule has 8 amide bonds. The summed E-state index contributed by atoms with van der Waals surface area (Å²) in [5.74, 6) is -3.91. The molecule has 0 bridgehead atoms. The van der Waals surface area contributed by atoms with Crippen molar-refractivity contribution in [3.8, 4) is 0 Å². The number of rotatable bonds is 19. The van der Waals surface area contributed by atoms with Gasteiger partial charge in [0.25, 0.3) is 0 Å². The van der Waals surface area contributed by atoms with Gasteiger partial charge in [0.1, 0.15) is 6.61 Å². The second-order valence-electron chi connectivity index (χ2n) is 15.1. The number of Topliss-reactive ketones (excluding diaryl/α,β-unsaturated/α-hetero) is 1. The van der Waals surface area contributed by atoms with E-state index in [0.29, 0.717) is 17.7 Å². The van der Waals surface area contributed by atoms with E-state index in [-0.39, 0.29) is 82.5 Å². The van der Waals surface area contributed by atoms with Gasteiger partial charge < -0.3 is 37.5 Å². The number of amides is 8. The lowest BCUT2D eigenvalue weighted by Gasteiger charge is -2.25. The molecular formula is C36H55N7O9. The van der Waals surface area contributed by atoms with E-state index in [9.17, 15) is 38.4 Å². The first kappa shape index (κ1) is 43.1. The van der Waals surface area contributed by atoms with E-state index in [1.807, 2.05) is 20.8 Å². The van der Waals surface area contributed by atoms with Crippen molar-refractivity contribution < 1.29 is 43.1 Å². The summed E-state index contributed by atoms with van der Waals surface area (Å²) in [6.45, 7) is 11.1. The van der Waals surface area contributed by atoms with Crippen molar-refractivity contribution in [2.75, 3.05) is 25.0 Å². The van der Waals surface area contributed by atoms with Gasteiger partial charge in [0.2, 0.25) is 23.6 Å². The smallest absolute Gasteiger partial charge is 0.312 e. The van der Waals surface area contributed by atoms with Gasteiger partial charge in [-0.3, -0.25) is 33.7 Å². The minimum Gasteiger partial charge on any atom is -0.460 e.